The van der Waals surface area contributed by atoms with Crippen LogP contribution in [-0.2, 0) is 11.2 Å². The quantitative estimate of drug-likeness (QED) is 0.748. The standard InChI is InChI=1S/C16H20N2O2/c1-16(2,3)14-13-10(8-12(18-14)15(19)20)9-6-4-5-7-11(9)17-13/h4-7,12,14,17-18H,8H2,1-3H3,(H,19,20)/t12-,14+/m1/s1. The first-order valence-corrected chi connectivity index (χ1v) is 6.96. The number of carbonyl (C=O) groups is 1. The van der Waals surface area contributed by atoms with E-state index in [0.717, 1.165) is 22.2 Å². The third kappa shape index (κ3) is 2.00. The molecule has 2 atom stereocenters. The van der Waals surface area contributed by atoms with Gasteiger partial charge in [-0.15, -0.1) is 0 Å². The number of aromatic amines is 1. The van der Waals surface area contributed by atoms with Gasteiger partial charge in [-0.2, -0.15) is 0 Å². The number of benzene rings is 1. The van der Waals surface area contributed by atoms with Crippen molar-refractivity contribution in [3.8, 4) is 0 Å². The van der Waals surface area contributed by atoms with Crippen molar-refractivity contribution in [2.24, 2.45) is 5.41 Å². The summed E-state index contributed by atoms with van der Waals surface area (Å²) in [6.07, 6.45) is 0.529. The van der Waals surface area contributed by atoms with Crippen molar-refractivity contribution < 1.29 is 9.90 Å². The Morgan fingerprint density at radius 2 is 2.00 bits per heavy atom. The smallest absolute Gasteiger partial charge is 0.321 e. The summed E-state index contributed by atoms with van der Waals surface area (Å²) in [5.41, 5.74) is 3.31. The summed E-state index contributed by atoms with van der Waals surface area (Å²) in [4.78, 5) is 14.9. The Balaban J connectivity index is 2.19. The lowest BCUT2D eigenvalue weighted by molar-refractivity contribution is -0.140. The lowest BCUT2D eigenvalue weighted by Gasteiger charge is -2.37. The zero-order chi connectivity index (χ0) is 14.5. The Morgan fingerprint density at radius 3 is 2.65 bits per heavy atom. The predicted molar refractivity (Wildman–Crippen MR) is 78.8 cm³/mol. The highest BCUT2D eigenvalue weighted by Crippen LogP contribution is 2.40. The number of aromatic nitrogens is 1. The molecule has 2 heterocycles. The molecule has 0 saturated heterocycles. The fraction of sp³-hybridized carbons (Fsp3) is 0.438. The molecule has 1 aliphatic heterocycles. The minimum Gasteiger partial charge on any atom is -0.480 e. The summed E-state index contributed by atoms with van der Waals surface area (Å²) in [6.45, 7) is 6.39. The minimum absolute atomic E-state index is 0.0137. The maximum atomic E-state index is 11.4. The van der Waals surface area contributed by atoms with Crippen molar-refractivity contribution in [2.45, 2.75) is 39.3 Å². The summed E-state index contributed by atoms with van der Waals surface area (Å²) in [7, 11) is 0. The summed E-state index contributed by atoms with van der Waals surface area (Å²) in [6, 6.07) is 7.60. The second-order valence-electron chi connectivity index (χ2n) is 6.62. The molecule has 0 bridgehead atoms. The number of fused-ring (bicyclic) bond motifs is 3. The fourth-order valence-electron chi connectivity index (χ4n) is 3.08. The van der Waals surface area contributed by atoms with Crippen LogP contribution in [0.5, 0.6) is 0 Å². The first-order valence-electron chi connectivity index (χ1n) is 6.96. The van der Waals surface area contributed by atoms with Crippen LogP contribution in [0, 0.1) is 5.41 Å². The van der Waals surface area contributed by atoms with Crippen LogP contribution in [0.25, 0.3) is 10.9 Å². The van der Waals surface area contributed by atoms with Gasteiger partial charge in [-0.05, 0) is 17.0 Å². The number of aliphatic carboxylic acids is 1. The molecule has 0 amide bonds. The van der Waals surface area contributed by atoms with Gasteiger partial charge < -0.3 is 10.1 Å². The van der Waals surface area contributed by atoms with E-state index in [2.05, 4.69) is 37.1 Å². The van der Waals surface area contributed by atoms with Crippen LogP contribution < -0.4 is 5.32 Å². The number of rotatable bonds is 1. The van der Waals surface area contributed by atoms with Gasteiger partial charge in [-0.25, -0.2) is 0 Å². The Labute approximate surface area is 118 Å². The molecule has 0 spiro atoms. The van der Waals surface area contributed by atoms with E-state index in [1.165, 1.54) is 0 Å². The lowest BCUT2D eigenvalue weighted by atomic mass is 9.79. The molecule has 1 aromatic heterocycles. The summed E-state index contributed by atoms with van der Waals surface area (Å²) in [5, 5.41) is 13.8. The first kappa shape index (κ1) is 13.2. The molecule has 106 valence electrons. The average Bonchev–Trinajstić information content (AvgIpc) is 2.74. The highest BCUT2D eigenvalue weighted by Gasteiger charge is 2.38. The maximum Gasteiger partial charge on any atom is 0.321 e. The zero-order valence-corrected chi connectivity index (χ0v) is 12.0. The van der Waals surface area contributed by atoms with E-state index in [1.54, 1.807) is 0 Å². The van der Waals surface area contributed by atoms with E-state index in [4.69, 9.17) is 0 Å². The van der Waals surface area contributed by atoms with Gasteiger partial charge in [0.05, 0.1) is 6.04 Å². The van der Waals surface area contributed by atoms with Gasteiger partial charge in [0.1, 0.15) is 6.04 Å². The summed E-state index contributed by atoms with van der Waals surface area (Å²) >= 11 is 0. The summed E-state index contributed by atoms with van der Waals surface area (Å²) in [5.74, 6) is -0.782. The van der Waals surface area contributed by atoms with E-state index in [0.29, 0.717) is 6.42 Å². The highest BCUT2D eigenvalue weighted by atomic mass is 16.4. The van der Waals surface area contributed by atoms with Crippen molar-refractivity contribution in [2.75, 3.05) is 0 Å². The normalized spacial score (nSPS) is 22.8. The molecule has 3 rings (SSSR count). The lowest BCUT2D eigenvalue weighted by Crippen LogP contribution is -2.48. The van der Waals surface area contributed by atoms with E-state index in [9.17, 15) is 9.90 Å². The molecule has 20 heavy (non-hydrogen) atoms. The second kappa shape index (κ2) is 4.35. The van der Waals surface area contributed by atoms with Gasteiger partial charge in [0.15, 0.2) is 0 Å². The summed E-state index contributed by atoms with van der Waals surface area (Å²) < 4.78 is 0. The van der Waals surface area contributed by atoms with Gasteiger partial charge >= 0.3 is 5.97 Å². The number of carboxylic acid groups (broad SMARTS) is 1. The first-order chi connectivity index (χ1) is 9.38. The molecule has 1 aliphatic rings. The van der Waals surface area contributed by atoms with Crippen LogP contribution in [-0.4, -0.2) is 22.1 Å². The van der Waals surface area contributed by atoms with E-state index in [-0.39, 0.29) is 11.5 Å². The third-order valence-electron chi connectivity index (χ3n) is 4.08. The molecule has 4 heteroatoms. The minimum atomic E-state index is -0.782. The molecule has 1 aromatic carbocycles. The Hall–Kier alpha value is -1.81. The van der Waals surface area contributed by atoms with Crippen molar-refractivity contribution in [1.82, 2.24) is 10.3 Å². The van der Waals surface area contributed by atoms with Gasteiger partial charge in [-0.3, -0.25) is 10.1 Å². The fourth-order valence-corrected chi connectivity index (χ4v) is 3.08. The Kier molecular flexibility index (Phi) is 2.87. The number of carboxylic acids is 1. The average molecular weight is 272 g/mol. The topological polar surface area (TPSA) is 65.1 Å². The highest BCUT2D eigenvalue weighted by molar-refractivity contribution is 5.86. The predicted octanol–water partition coefficient (Wildman–Crippen LogP) is 2.85. The third-order valence-corrected chi connectivity index (χ3v) is 4.08. The SMILES string of the molecule is CC(C)(C)[C@H]1N[C@@H](C(=O)O)Cc2c1[nH]c1ccccc21. The number of nitrogens with one attached hydrogen (secondary N) is 2. The zero-order valence-electron chi connectivity index (χ0n) is 12.0. The van der Waals surface area contributed by atoms with E-state index >= 15 is 0 Å². The molecule has 3 N–H and O–H groups in total. The van der Waals surface area contributed by atoms with Crippen LogP contribution in [0.1, 0.15) is 38.1 Å². The van der Waals surface area contributed by atoms with Crippen LogP contribution in [0.4, 0.5) is 0 Å². The molecule has 0 aliphatic carbocycles. The van der Waals surface area contributed by atoms with Crippen LogP contribution >= 0.6 is 0 Å². The molecule has 0 radical (unpaired) electrons. The number of hydrogen-bond acceptors (Lipinski definition) is 2. The van der Waals surface area contributed by atoms with Crippen molar-refractivity contribution in [1.29, 1.82) is 0 Å². The van der Waals surface area contributed by atoms with E-state index in [1.807, 2.05) is 18.2 Å². The molecule has 2 aromatic rings. The number of H-pyrrole nitrogens is 1. The van der Waals surface area contributed by atoms with Gasteiger partial charge in [0.2, 0.25) is 0 Å². The van der Waals surface area contributed by atoms with Gasteiger partial charge in [0.25, 0.3) is 0 Å². The van der Waals surface area contributed by atoms with Crippen LogP contribution in [0.2, 0.25) is 0 Å². The molecule has 4 nitrogen and oxygen atoms in total. The Morgan fingerprint density at radius 1 is 1.30 bits per heavy atom. The van der Waals surface area contributed by atoms with Crippen molar-refractivity contribution in [3.63, 3.8) is 0 Å². The van der Waals surface area contributed by atoms with Gasteiger partial charge in [-0.1, -0.05) is 39.0 Å². The number of hydrogen-bond donors (Lipinski definition) is 3. The van der Waals surface area contributed by atoms with E-state index < -0.39 is 12.0 Å². The van der Waals surface area contributed by atoms with Crippen molar-refractivity contribution in [3.05, 3.63) is 35.5 Å². The maximum absolute atomic E-state index is 11.4. The number of para-hydroxylation sites is 1. The van der Waals surface area contributed by atoms with Gasteiger partial charge in [0, 0.05) is 23.0 Å². The molecular weight excluding hydrogens is 252 g/mol. The van der Waals surface area contributed by atoms with Crippen molar-refractivity contribution >= 4 is 16.9 Å². The Bertz CT molecular complexity index is 667. The monoisotopic (exact) mass is 272 g/mol. The molecule has 0 saturated carbocycles. The van der Waals surface area contributed by atoms with Crippen LogP contribution in [0.3, 0.4) is 0 Å². The molecular formula is C16H20N2O2. The molecule has 0 unspecified atom stereocenters. The molecule has 0 fully saturated rings. The second-order valence-corrected chi connectivity index (χ2v) is 6.62. The largest absolute Gasteiger partial charge is 0.480 e. The van der Waals surface area contributed by atoms with Crippen LogP contribution in [0.15, 0.2) is 24.3 Å².